The van der Waals surface area contributed by atoms with Gasteiger partial charge in [0.05, 0.1) is 0 Å². The van der Waals surface area contributed by atoms with Gasteiger partial charge in [-0.15, -0.1) is 5.10 Å². The lowest BCUT2D eigenvalue weighted by atomic mass is 9.83. The Labute approximate surface area is 123 Å². The molecule has 2 fully saturated rings. The number of hydrogen-bond acceptors (Lipinski definition) is 5. The molecule has 0 N–H and O–H groups in total. The molecule has 1 aromatic heterocycles. The van der Waals surface area contributed by atoms with E-state index in [9.17, 15) is 4.79 Å². The van der Waals surface area contributed by atoms with Crippen LogP contribution in [-0.2, 0) is 4.74 Å². The molecular weight excluding hydrogens is 274 g/mol. The van der Waals surface area contributed by atoms with Gasteiger partial charge in [0.25, 0.3) is 5.91 Å². The first-order valence-electron chi connectivity index (χ1n) is 7.48. The maximum atomic E-state index is 12.4. The van der Waals surface area contributed by atoms with Crippen LogP contribution in [0.1, 0.15) is 42.6 Å². The molecule has 1 unspecified atom stereocenters. The zero-order valence-corrected chi connectivity index (χ0v) is 12.5. The number of carbonyl (C=O) groups is 1. The van der Waals surface area contributed by atoms with Gasteiger partial charge < -0.3 is 9.64 Å². The van der Waals surface area contributed by atoms with Crippen molar-refractivity contribution in [3.63, 3.8) is 0 Å². The molecule has 6 heteroatoms. The number of aromatic nitrogens is 2. The number of ether oxygens (including phenoxy) is 1. The molecule has 110 valence electrons. The first-order chi connectivity index (χ1) is 9.84. The van der Waals surface area contributed by atoms with Crippen molar-refractivity contribution in [3.8, 4) is 0 Å². The Balaban J connectivity index is 1.67. The Morgan fingerprint density at radius 2 is 2.10 bits per heavy atom. The second kappa shape index (κ2) is 6.63. The van der Waals surface area contributed by atoms with Crippen LogP contribution >= 0.6 is 11.5 Å². The maximum Gasteiger partial charge on any atom is 0.275 e. The number of nitrogens with zero attached hydrogens (tertiary/aromatic N) is 3. The molecule has 2 aliphatic rings. The molecule has 0 aliphatic carbocycles. The normalized spacial score (nSPS) is 25.4. The van der Waals surface area contributed by atoms with Gasteiger partial charge in [0.15, 0.2) is 5.69 Å². The van der Waals surface area contributed by atoms with E-state index in [2.05, 4.69) is 9.59 Å². The third kappa shape index (κ3) is 3.17. The smallest absolute Gasteiger partial charge is 0.275 e. The molecule has 3 rings (SSSR count). The molecule has 2 aliphatic heterocycles. The third-order valence-electron chi connectivity index (χ3n) is 4.51. The van der Waals surface area contributed by atoms with Gasteiger partial charge in [-0.2, -0.15) is 0 Å². The van der Waals surface area contributed by atoms with Crippen LogP contribution in [0.5, 0.6) is 0 Å². The summed E-state index contributed by atoms with van der Waals surface area (Å²) in [6.45, 7) is 3.49. The van der Waals surface area contributed by atoms with E-state index in [4.69, 9.17) is 4.74 Å². The Hall–Kier alpha value is -1.01. The fraction of sp³-hybridized carbons (Fsp3) is 0.786. The lowest BCUT2D eigenvalue weighted by molar-refractivity contribution is 0.0374. The van der Waals surface area contributed by atoms with Crippen LogP contribution in [0.2, 0.25) is 0 Å². The highest BCUT2D eigenvalue weighted by Crippen LogP contribution is 2.30. The number of amides is 1. The molecule has 1 amide bonds. The minimum atomic E-state index is 0.0534. The minimum absolute atomic E-state index is 0.0534. The highest BCUT2D eigenvalue weighted by Gasteiger charge is 2.30. The first kappa shape index (κ1) is 13.9. The van der Waals surface area contributed by atoms with E-state index < -0.39 is 0 Å². The summed E-state index contributed by atoms with van der Waals surface area (Å²) in [6.07, 6.45) is 5.85. The van der Waals surface area contributed by atoms with E-state index >= 15 is 0 Å². The SMILES string of the molecule is O=C(c1csnn1)N1CCCCC(C2CCOCC2)C1. The lowest BCUT2D eigenvalue weighted by Crippen LogP contribution is -2.38. The Morgan fingerprint density at radius 3 is 2.85 bits per heavy atom. The standard InChI is InChI=1S/C14H21N3O2S/c18-14(13-10-20-16-15-13)17-6-2-1-3-12(9-17)11-4-7-19-8-5-11/h10-12H,1-9H2. The molecule has 20 heavy (non-hydrogen) atoms. The van der Waals surface area contributed by atoms with Gasteiger partial charge in [-0.25, -0.2) is 0 Å². The number of rotatable bonds is 2. The van der Waals surface area contributed by atoms with Crippen molar-refractivity contribution in [3.05, 3.63) is 11.1 Å². The van der Waals surface area contributed by atoms with Crippen LogP contribution in [0.15, 0.2) is 5.38 Å². The molecule has 0 aromatic carbocycles. The van der Waals surface area contributed by atoms with E-state index in [1.54, 1.807) is 5.38 Å². The van der Waals surface area contributed by atoms with Crippen molar-refractivity contribution in [1.82, 2.24) is 14.5 Å². The van der Waals surface area contributed by atoms with Crippen molar-refractivity contribution in [2.24, 2.45) is 11.8 Å². The molecule has 0 saturated carbocycles. The van der Waals surface area contributed by atoms with Gasteiger partial charge in [0, 0.05) is 31.7 Å². The average molecular weight is 295 g/mol. The van der Waals surface area contributed by atoms with Crippen molar-refractivity contribution < 1.29 is 9.53 Å². The van der Waals surface area contributed by atoms with Gasteiger partial charge in [0.2, 0.25) is 0 Å². The summed E-state index contributed by atoms with van der Waals surface area (Å²) in [5.74, 6) is 1.39. The van der Waals surface area contributed by atoms with Gasteiger partial charge >= 0.3 is 0 Å². The van der Waals surface area contributed by atoms with Gasteiger partial charge in [-0.3, -0.25) is 4.79 Å². The molecule has 3 heterocycles. The summed E-state index contributed by atoms with van der Waals surface area (Å²) < 4.78 is 9.26. The largest absolute Gasteiger partial charge is 0.381 e. The monoisotopic (exact) mass is 295 g/mol. The number of hydrogen-bond donors (Lipinski definition) is 0. The van der Waals surface area contributed by atoms with Gasteiger partial charge in [-0.05, 0) is 49.1 Å². The summed E-state index contributed by atoms with van der Waals surface area (Å²) in [7, 11) is 0. The van der Waals surface area contributed by atoms with Crippen LogP contribution in [0.25, 0.3) is 0 Å². The first-order valence-corrected chi connectivity index (χ1v) is 8.32. The Kier molecular flexibility index (Phi) is 4.62. The van der Waals surface area contributed by atoms with Crippen LogP contribution in [0.3, 0.4) is 0 Å². The molecule has 0 spiro atoms. The summed E-state index contributed by atoms with van der Waals surface area (Å²) in [6, 6.07) is 0. The molecule has 2 saturated heterocycles. The number of carbonyl (C=O) groups excluding carboxylic acids is 1. The number of likely N-dealkylation sites (tertiary alicyclic amines) is 1. The summed E-state index contributed by atoms with van der Waals surface area (Å²) in [4.78, 5) is 14.4. The predicted molar refractivity (Wildman–Crippen MR) is 76.7 cm³/mol. The van der Waals surface area contributed by atoms with Crippen LogP contribution in [-0.4, -0.2) is 46.7 Å². The zero-order valence-electron chi connectivity index (χ0n) is 11.7. The van der Waals surface area contributed by atoms with E-state index in [1.165, 1.54) is 24.4 Å². The zero-order chi connectivity index (χ0) is 13.8. The molecule has 0 bridgehead atoms. The van der Waals surface area contributed by atoms with Crippen molar-refractivity contribution in [2.75, 3.05) is 26.3 Å². The van der Waals surface area contributed by atoms with Crippen LogP contribution < -0.4 is 0 Å². The Morgan fingerprint density at radius 1 is 1.25 bits per heavy atom. The van der Waals surface area contributed by atoms with E-state index in [-0.39, 0.29) is 5.91 Å². The summed E-state index contributed by atoms with van der Waals surface area (Å²) in [5.41, 5.74) is 0.502. The molecule has 1 aromatic rings. The van der Waals surface area contributed by atoms with Crippen molar-refractivity contribution in [1.29, 1.82) is 0 Å². The highest BCUT2D eigenvalue weighted by molar-refractivity contribution is 7.03. The fourth-order valence-corrected chi connectivity index (χ4v) is 3.78. The van der Waals surface area contributed by atoms with Crippen LogP contribution in [0.4, 0.5) is 0 Å². The predicted octanol–water partition coefficient (Wildman–Crippen LogP) is 2.21. The summed E-state index contributed by atoms with van der Waals surface area (Å²) >= 11 is 1.24. The fourth-order valence-electron chi connectivity index (χ4n) is 3.35. The molecular formula is C14H21N3O2S. The van der Waals surface area contributed by atoms with Crippen molar-refractivity contribution in [2.45, 2.75) is 32.1 Å². The van der Waals surface area contributed by atoms with Crippen molar-refractivity contribution >= 4 is 17.4 Å². The topological polar surface area (TPSA) is 55.3 Å². The van der Waals surface area contributed by atoms with E-state index in [1.807, 2.05) is 4.90 Å². The third-order valence-corrected chi connectivity index (χ3v) is 5.01. The van der Waals surface area contributed by atoms with Gasteiger partial charge in [-0.1, -0.05) is 10.9 Å². The lowest BCUT2D eigenvalue weighted by Gasteiger charge is -2.32. The molecule has 5 nitrogen and oxygen atoms in total. The van der Waals surface area contributed by atoms with E-state index in [0.29, 0.717) is 17.5 Å². The minimum Gasteiger partial charge on any atom is -0.381 e. The Bertz CT molecular complexity index is 432. The summed E-state index contributed by atoms with van der Waals surface area (Å²) in [5, 5.41) is 5.66. The average Bonchev–Trinajstić information content (AvgIpc) is 2.92. The van der Waals surface area contributed by atoms with Crippen LogP contribution in [0, 0.1) is 11.8 Å². The quantitative estimate of drug-likeness (QED) is 0.839. The molecule has 0 radical (unpaired) electrons. The second-order valence-electron chi connectivity index (χ2n) is 5.75. The van der Waals surface area contributed by atoms with E-state index in [0.717, 1.165) is 45.6 Å². The highest BCUT2D eigenvalue weighted by atomic mass is 32.1. The molecule has 1 atom stereocenters. The second-order valence-corrected chi connectivity index (χ2v) is 6.36. The maximum absolute atomic E-state index is 12.4. The van der Waals surface area contributed by atoms with Gasteiger partial charge in [0.1, 0.15) is 0 Å².